The van der Waals surface area contributed by atoms with E-state index in [0.717, 1.165) is 12.0 Å². The van der Waals surface area contributed by atoms with Gasteiger partial charge in [0.15, 0.2) is 0 Å². The van der Waals surface area contributed by atoms with Crippen LogP contribution in [0, 0.1) is 0 Å². The summed E-state index contributed by atoms with van der Waals surface area (Å²) in [4.78, 5) is 25.5. The lowest BCUT2D eigenvalue weighted by molar-refractivity contribution is -0.128. The molecule has 0 bridgehead atoms. The maximum Gasteiger partial charge on any atom is 0.325 e. The molecule has 1 aliphatic rings. The number of thiocarbonyl (C=S) groups is 1. The Hall–Kier alpha value is -1.95. The number of nitrogens with one attached hydrogen (secondary N) is 1. The van der Waals surface area contributed by atoms with Gasteiger partial charge < -0.3 is 11.1 Å². The second kappa shape index (κ2) is 6.00. The summed E-state index contributed by atoms with van der Waals surface area (Å²) < 4.78 is 0. The van der Waals surface area contributed by atoms with Crippen LogP contribution < -0.4 is 11.1 Å². The third-order valence-corrected chi connectivity index (χ3v) is 3.52. The van der Waals surface area contributed by atoms with Crippen LogP contribution in [0.2, 0.25) is 0 Å². The first kappa shape index (κ1) is 14.5. The summed E-state index contributed by atoms with van der Waals surface area (Å²) in [5, 5.41) is 2.70. The van der Waals surface area contributed by atoms with Crippen molar-refractivity contribution in [3.8, 4) is 0 Å². The molecule has 1 saturated heterocycles. The van der Waals surface area contributed by atoms with E-state index in [0.29, 0.717) is 12.0 Å². The second-order valence-electron chi connectivity index (χ2n) is 4.74. The molecule has 2 rings (SSSR count). The average Bonchev–Trinajstić information content (AvgIpc) is 2.67. The number of imide groups is 1. The molecule has 1 aliphatic heterocycles. The zero-order valence-corrected chi connectivity index (χ0v) is 12.1. The number of benzene rings is 1. The predicted molar refractivity (Wildman–Crippen MR) is 80.1 cm³/mol. The summed E-state index contributed by atoms with van der Waals surface area (Å²) in [6.07, 6.45) is 1.49. The summed E-state index contributed by atoms with van der Waals surface area (Å²) in [5.41, 5.74) is 7.14. The van der Waals surface area contributed by atoms with Crippen LogP contribution in [0.15, 0.2) is 24.3 Å². The maximum absolute atomic E-state index is 12.2. The first-order chi connectivity index (χ1) is 9.54. The molecule has 5 nitrogen and oxygen atoms in total. The molecule has 1 aromatic carbocycles. The molecule has 1 unspecified atom stereocenters. The molecule has 6 heteroatoms. The van der Waals surface area contributed by atoms with Crippen LogP contribution in [0.1, 0.15) is 30.9 Å². The molecule has 3 N–H and O–H groups in total. The lowest BCUT2D eigenvalue weighted by Gasteiger charge is -2.15. The van der Waals surface area contributed by atoms with Crippen molar-refractivity contribution in [3.05, 3.63) is 35.4 Å². The highest BCUT2D eigenvalue weighted by molar-refractivity contribution is 7.80. The van der Waals surface area contributed by atoms with E-state index in [4.69, 9.17) is 18.0 Å². The number of hydrogen-bond acceptors (Lipinski definition) is 3. The van der Waals surface area contributed by atoms with Gasteiger partial charge in [0.1, 0.15) is 11.0 Å². The molecule has 1 heterocycles. The van der Waals surface area contributed by atoms with Crippen LogP contribution in [0.4, 0.5) is 4.79 Å². The fraction of sp³-hybridized carbons (Fsp3) is 0.357. The minimum Gasteiger partial charge on any atom is -0.389 e. The number of urea groups is 1. The van der Waals surface area contributed by atoms with E-state index in [1.165, 1.54) is 4.90 Å². The highest BCUT2D eigenvalue weighted by atomic mass is 32.1. The van der Waals surface area contributed by atoms with Gasteiger partial charge in [-0.15, -0.1) is 0 Å². The number of nitrogens with two attached hydrogens (primary N) is 1. The van der Waals surface area contributed by atoms with Crippen LogP contribution in [0.25, 0.3) is 0 Å². The van der Waals surface area contributed by atoms with Crippen LogP contribution in [0.5, 0.6) is 0 Å². The summed E-state index contributed by atoms with van der Waals surface area (Å²) >= 11 is 4.99. The van der Waals surface area contributed by atoms with Gasteiger partial charge in [-0.2, -0.15) is 0 Å². The predicted octanol–water partition coefficient (Wildman–Crippen LogP) is 1.54. The van der Waals surface area contributed by atoms with Crippen molar-refractivity contribution in [1.29, 1.82) is 0 Å². The summed E-state index contributed by atoms with van der Waals surface area (Å²) in [6.45, 7) is 2.17. The van der Waals surface area contributed by atoms with Gasteiger partial charge in [-0.25, -0.2) is 4.79 Å². The van der Waals surface area contributed by atoms with Crippen LogP contribution in [0.3, 0.4) is 0 Å². The zero-order chi connectivity index (χ0) is 14.7. The van der Waals surface area contributed by atoms with Gasteiger partial charge in [0.25, 0.3) is 5.91 Å². The van der Waals surface area contributed by atoms with Crippen LogP contribution in [-0.2, 0) is 11.3 Å². The Balaban J connectivity index is 2.20. The number of hydrogen-bond donors (Lipinski definition) is 2. The lowest BCUT2D eigenvalue weighted by Crippen LogP contribution is -2.31. The fourth-order valence-electron chi connectivity index (χ4n) is 2.28. The third-order valence-electron chi connectivity index (χ3n) is 3.30. The van der Waals surface area contributed by atoms with Crippen molar-refractivity contribution in [3.63, 3.8) is 0 Å². The molecule has 1 fully saturated rings. The third kappa shape index (κ3) is 2.80. The first-order valence-electron chi connectivity index (χ1n) is 6.54. The van der Waals surface area contributed by atoms with Gasteiger partial charge in [0.2, 0.25) is 0 Å². The van der Waals surface area contributed by atoms with E-state index in [1.807, 2.05) is 25.1 Å². The van der Waals surface area contributed by atoms with E-state index < -0.39 is 6.04 Å². The second-order valence-corrected chi connectivity index (χ2v) is 5.18. The fourth-order valence-corrected chi connectivity index (χ4v) is 2.48. The van der Waals surface area contributed by atoms with Crippen LogP contribution >= 0.6 is 12.2 Å². The topological polar surface area (TPSA) is 75.4 Å². The van der Waals surface area contributed by atoms with E-state index in [2.05, 4.69) is 5.32 Å². The molecule has 106 valence electrons. The molecular formula is C14H17N3O2S. The number of rotatable bonds is 5. The largest absolute Gasteiger partial charge is 0.389 e. The number of amides is 3. The number of nitrogens with zero attached hydrogens (tertiary/aromatic N) is 1. The van der Waals surface area contributed by atoms with Gasteiger partial charge in [-0.3, -0.25) is 9.69 Å². The van der Waals surface area contributed by atoms with Gasteiger partial charge in [0.05, 0.1) is 6.54 Å². The molecule has 0 spiro atoms. The number of carbonyl (C=O) groups is 2. The average molecular weight is 291 g/mol. The lowest BCUT2D eigenvalue weighted by atomic mass is 10.1. The quantitative estimate of drug-likeness (QED) is 0.637. The highest BCUT2D eigenvalue weighted by Crippen LogP contribution is 2.17. The zero-order valence-electron chi connectivity index (χ0n) is 11.3. The molecule has 20 heavy (non-hydrogen) atoms. The van der Waals surface area contributed by atoms with Crippen molar-refractivity contribution < 1.29 is 9.59 Å². The molecule has 0 radical (unpaired) electrons. The summed E-state index contributed by atoms with van der Waals surface area (Å²) in [5.74, 6) is -0.186. The number of carbonyl (C=O) groups excluding carboxylic acids is 2. The van der Waals surface area contributed by atoms with Crippen molar-refractivity contribution in [2.45, 2.75) is 32.4 Å². The Bertz CT molecular complexity index is 559. The molecule has 3 amide bonds. The van der Waals surface area contributed by atoms with Crippen molar-refractivity contribution >= 4 is 29.1 Å². The normalized spacial score (nSPS) is 18.2. The van der Waals surface area contributed by atoms with Gasteiger partial charge in [-0.1, -0.05) is 49.8 Å². The minimum atomic E-state index is -0.413. The van der Waals surface area contributed by atoms with E-state index in [-0.39, 0.29) is 23.5 Å². The van der Waals surface area contributed by atoms with E-state index >= 15 is 0 Å². The highest BCUT2D eigenvalue weighted by Gasteiger charge is 2.37. The molecule has 1 aromatic rings. The van der Waals surface area contributed by atoms with Crippen molar-refractivity contribution in [2.24, 2.45) is 5.73 Å². The molecule has 0 aromatic heterocycles. The van der Waals surface area contributed by atoms with E-state index in [1.54, 1.807) is 6.07 Å². The SMILES string of the molecule is CCCC1NC(=O)N(Cc2ccccc2C(N)=S)C1=O. The van der Waals surface area contributed by atoms with Crippen molar-refractivity contribution in [1.82, 2.24) is 10.2 Å². The summed E-state index contributed by atoms with van der Waals surface area (Å²) in [6, 6.07) is 6.50. The smallest absolute Gasteiger partial charge is 0.325 e. The van der Waals surface area contributed by atoms with Gasteiger partial charge in [0, 0.05) is 5.56 Å². The Morgan fingerprint density at radius 3 is 2.75 bits per heavy atom. The Labute approximate surface area is 123 Å². The molecule has 0 aliphatic carbocycles. The summed E-state index contributed by atoms with van der Waals surface area (Å²) in [7, 11) is 0. The molecule has 0 saturated carbocycles. The molecular weight excluding hydrogens is 274 g/mol. The maximum atomic E-state index is 12.2. The first-order valence-corrected chi connectivity index (χ1v) is 6.95. The van der Waals surface area contributed by atoms with Gasteiger partial charge in [-0.05, 0) is 12.0 Å². The van der Waals surface area contributed by atoms with Crippen LogP contribution in [-0.4, -0.2) is 27.9 Å². The Morgan fingerprint density at radius 1 is 1.40 bits per heavy atom. The Morgan fingerprint density at radius 2 is 2.10 bits per heavy atom. The van der Waals surface area contributed by atoms with E-state index in [9.17, 15) is 9.59 Å². The van der Waals surface area contributed by atoms with Crippen molar-refractivity contribution in [2.75, 3.05) is 0 Å². The Kier molecular flexibility index (Phi) is 4.34. The monoisotopic (exact) mass is 291 g/mol. The minimum absolute atomic E-state index is 0.186. The van der Waals surface area contributed by atoms with Gasteiger partial charge >= 0.3 is 6.03 Å². The molecule has 1 atom stereocenters. The standard InChI is InChI=1S/C14H17N3O2S/c1-2-5-11-13(18)17(14(19)16-11)8-9-6-3-4-7-10(9)12(15)20/h3-4,6-7,11H,2,5,8H2,1H3,(H2,15,20)(H,16,19).